The summed E-state index contributed by atoms with van der Waals surface area (Å²) < 4.78 is 14.4. The molecule has 2 aromatic rings. The minimum Gasteiger partial charge on any atom is -0.288 e. The van der Waals surface area contributed by atoms with E-state index in [0.717, 1.165) is 31.2 Å². The van der Waals surface area contributed by atoms with E-state index >= 15 is 0 Å². The molecule has 0 saturated heterocycles. The molecule has 0 atom stereocenters. The second-order valence-corrected chi connectivity index (χ2v) is 6.53. The number of rotatable bonds is 4. The Hall–Kier alpha value is -1.43. The van der Waals surface area contributed by atoms with Crippen molar-refractivity contribution in [2.75, 3.05) is 0 Å². The minimum absolute atomic E-state index is 0.0364. The van der Waals surface area contributed by atoms with Gasteiger partial charge in [0.2, 0.25) is 0 Å². The zero-order valence-corrected chi connectivity index (χ0v) is 13.9. The van der Waals surface area contributed by atoms with E-state index in [4.69, 9.17) is 23.2 Å². The van der Waals surface area contributed by atoms with E-state index in [2.05, 4.69) is 10.4 Å². The van der Waals surface area contributed by atoms with Crippen molar-refractivity contribution in [3.63, 3.8) is 0 Å². The summed E-state index contributed by atoms with van der Waals surface area (Å²) in [6, 6.07) is 6.50. The SMILES string of the molecule is O=c1c(Cl)c(Cl)cnn1CNC1(c2ccc(F)cc2)CCCC1. The Kier molecular flexibility index (Phi) is 4.71. The van der Waals surface area contributed by atoms with Gasteiger partial charge in [-0.2, -0.15) is 5.10 Å². The number of nitrogens with zero attached hydrogens (tertiary/aromatic N) is 2. The molecule has 1 N–H and O–H groups in total. The van der Waals surface area contributed by atoms with Crippen LogP contribution in [-0.4, -0.2) is 9.78 Å². The van der Waals surface area contributed by atoms with Crippen LogP contribution >= 0.6 is 23.2 Å². The number of halogens is 3. The van der Waals surface area contributed by atoms with Gasteiger partial charge in [0.05, 0.1) is 17.9 Å². The maximum Gasteiger partial charge on any atom is 0.288 e. The van der Waals surface area contributed by atoms with Gasteiger partial charge in [0.25, 0.3) is 5.56 Å². The average Bonchev–Trinajstić information content (AvgIpc) is 3.03. The fourth-order valence-corrected chi connectivity index (χ4v) is 3.37. The third kappa shape index (κ3) is 3.27. The first-order valence-electron chi connectivity index (χ1n) is 7.44. The lowest BCUT2D eigenvalue weighted by atomic mass is 9.88. The van der Waals surface area contributed by atoms with Crippen LogP contribution in [0.5, 0.6) is 0 Å². The van der Waals surface area contributed by atoms with E-state index in [9.17, 15) is 9.18 Å². The van der Waals surface area contributed by atoms with Gasteiger partial charge >= 0.3 is 0 Å². The van der Waals surface area contributed by atoms with E-state index in [0.29, 0.717) is 0 Å². The quantitative estimate of drug-likeness (QED) is 0.909. The molecule has 0 unspecified atom stereocenters. The molecule has 1 aromatic heterocycles. The van der Waals surface area contributed by atoms with Crippen molar-refractivity contribution in [2.45, 2.75) is 37.9 Å². The van der Waals surface area contributed by atoms with Gasteiger partial charge < -0.3 is 0 Å². The van der Waals surface area contributed by atoms with Crippen molar-refractivity contribution in [1.82, 2.24) is 15.1 Å². The van der Waals surface area contributed by atoms with Crippen LogP contribution in [-0.2, 0) is 12.2 Å². The summed E-state index contributed by atoms with van der Waals surface area (Å²) in [6.07, 6.45) is 5.36. The van der Waals surface area contributed by atoms with E-state index in [1.165, 1.54) is 23.0 Å². The fourth-order valence-electron chi connectivity index (χ4n) is 3.10. The van der Waals surface area contributed by atoms with Gasteiger partial charge in [0, 0.05) is 5.54 Å². The molecule has 0 spiro atoms. The lowest BCUT2D eigenvalue weighted by Crippen LogP contribution is -2.43. The zero-order valence-electron chi connectivity index (χ0n) is 12.4. The predicted octanol–water partition coefficient (Wildman–Crippen LogP) is 3.71. The summed E-state index contributed by atoms with van der Waals surface area (Å²) in [5, 5.41) is 7.52. The van der Waals surface area contributed by atoms with Crippen LogP contribution in [0.4, 0.5) is 4.39 Å². The van der Waals surface area contributed by atoms with Crippen LogP contribution in [0.2, 0.25) is 10.0 Å². The third-order valence-electron chi connectivity index (χ3n) is 4.36. The van der Waals surface area contributed by atoms with Gasteiger partial charge in [-0.15, -0.1) is 0 Å². The molecule has 7 heteroatoms. The van der Waals surface area contributed by atoms with Gasteiger partial charge in [0.1, 0.15) is 10.8 Å². The maximum atomic E-state index is 13.2. The van der Waals surface area contributed by atoms with Crippen molar-refractivity contribution in [1.29, 1.82) is 0 Å². The Bertz CT molecular complexity index is 755. The lowest BCUT2D eigenvalue weighted by molar-refractivity contribution is 0.294. The fraction of sp³-hybridized carbons (Fsp3) is 0.375. The van der Waals surface area contributed by atoms with E-state index in [1.54, 1.807) is 12.1 Å². The normalized spacial score (nSPS) is 16.7. The summed E-state index contributed by atoms with van der Waals surface area (Å²) in [4.78, 5) is 12.1. The van der Waals surface area contributed by atoms with Crippen molar-refractivity contribution >= 4 is 23.2 Å². The lowest BCUT2D eigenvalue weighted by Gasteiger charge is -2.31. The molecule has 0 aliphatic heterocycles. The Morgan fingerprint density at radius 3 is 2.52 bits per heavy atom. The van der Waals surface area contributed by atoms with Crippen LogP contribution in [0.25, 0.3) is 0 Å². The van der Waals surface area contributed by atoms with Gasteiger partial charge in [-0.1, -0.05) is 48.2 Å². The van der Waals surface area contributed by atoms with Crippen LogP contribution in [0.1, 0.15) is 31.2 Å². The highest BCUT2D eigenvalue weighted by atomic mass is 35.5. The summed E-state index contributed by atoms with van der Waals surface area (Å²) in [5.74, 6) is -0.260. The molecule has 122 valence electrons. The van der Waals surface area contributed by atoms with E-state index < -0.39 is 5.56 Å². The Morgan fingerprint density at radius 2 is 1.87 bits per heavy atom. The number of hydrogen-bond acceptors (Lipinski definition) is 3. The maximum absolute atomic E-state index is 13.2. The van der Waals surface area contributed by atoms with E-state index in [1.807, 2.05) is 0 Å². The summed E-state index contributed by atoms with van der Waals surface area (Å²) >= 11 is 11.7. The molecule has 3 rings (SSSR count). The highest BCUT2D eigenvalue weighted by Gasteiger charge is 2.35. The molecule has 1 heterocycles. The minimum atomic E-state index is -0.432. The van der Waals surface area contributed by atoms with Gasteiger partial charge in [0.15, 0.2) is 0 Å². The van der Waals surface area contributed by atoms with Gasteiger partial charge in [-0.05, 0) is 30.5 Å². The van der Waals surface area contributed by atoms with Crippen molar-refractivity contribution in [3.05, 3.63) is 62.2 Å². The summed E-state index contributed by atoms with van der Waals surface area (Å²) in [6.45, 7) is 0.215. The van der Waals surface area contributed by atoms with Gasteiger partial charge in [-0.3, -0.25) is 10.1 Å². The van der Waals surface area contributed by atoms with Crippen LogP contribution < -0.4 is 10.9 Å². The number of benzene rings is 1. The standard InChI is InChI=1S/C16H16Cl2FN3O/c17-13-9-21-22(15(23)14(13)18)10-20-16(7-1-2-8-16)11-3-5-12(19)6-4-11/h3-6,9,20H,1-2,7-8,10H2. The monoisotopic (exact) mass is 355 g/mol. The van der Waals surface area contributed by atoms with Crippen LogP contribution in [0.15, 0.2) is 35.3 Å². The zero-order chi connectivity index (χ0) is 16.4. The molecule has 1 saturated carbocycles. The molecular weight excluding hydrogens is 340 g/mol. The third-order valence-corrected chi connectivity index (χ3v) is 5.11. The smallest absolute Gasteiger partial charge is 0.288 e. The highest BCUT2D eigenvalue weighted by Crippen LogP contribution is 2.38. The largest absolute Gasteiger partial charge is 0.288 e. The second kappa shape index (κ2) is 6.59. The van der Waals surface area contributed by atoms with E-state index in [-0.39, 0.29) is 28.1 Å². The molecule has 1 aliphatic carbocycles. The predicted molar refractivity (Wildman–Crippen MR) is 88.2 cm³/mol. The van der Waals surface area contributed by atoms with Crippen molar-refractivity contribution in [3.8, 4) is 0 Å². The molecule has 0 bridgehead atoms. The van der Waals surface area contributed by atoms with Crippen LogP contribution in [0, 0.1) is 5.82 Å². The first-order valence-corrected chi connectivity index (χ1v) is 8.20. The molecule has 23 heavy (non-hydrogen) atoms. The molecule has 4 nitrogen and oxygen atoms in total. The van der Waals surface area contributed by atoms with Crippen LogP contribution in [0.3, 0.4) is 0 Å². The molecule has 1 aromatic carbocycles. The molecular formula is C16H16Cl2FN3O. The first kappa shape index (κ1) is 16.4. The van der Waals surface area contributed by atoms with Gasteiger partial charge in [-0.25, -0.2) is 9.07 Å². The summed E-state index contributed by atoms with van der Waals surface area (Å²) in [5.41, 5.74) is 0.310. The summed E-state index contributed by atoms with van der Waals surface area (Å²) in [7, 11) is 0. The first-order chi connectivity index (χ1) is 11.0. The van der Waals surface area contributed by atoms with Crippen molar-refractivity contribution < 1.29 is 4.39 Å². The molecule has 1 aliphatic rings. The van der Waals surface area contributed by atoms with Crippen molar-refractivity contribution in [2.24, 2.45) is 0 Å². The number of aromatic nitrogens is 2. The Labute approximate surface area is 143 Å². The Morgan fingerprint density at radius 1 is 1.22 bits per heavy atom. The molecule has 0 amide bonds. The highest BCUT2D eigenvalue weighted by molar-refractivity contribution is 6.41. The topological polar surface area (TPSA) is 46.9 Å². The number of hydrogen-bond donors (Lipinski definition) is 1. The Balaban J connectivity index is 1.85. The number of nitrogens with one attached hydrogen (secondary N) is 1. The second-order valence-electron chi connectivity index (χ2n) is 5.74. The molecule has 1 fully saturated rings. The molecule has 0 radical (unpaired) electrons. The average molecular weight is 356 g/mol.